The molecule has 0 aliphatic carbocycles. The molecule has 2 N–H and O–H groups in total. The number of rotatable bonds is 8. The number of unbranched alkanes of at least 4 members (excludes halogenated alkanes) is 1. The highest BCUT2D eigenvalue weighted by atomic mass is 32.2. The van der Waals surface area contributed by atoms with Gasteiger partial charge in [-0.05, 0) is 30.5 Å². The smallest absolute Gasteiger partial charge is 0.341 e. The number of carbonyl (C=O) groups excluding carboxylic acids is 1. The average Bonchev–Trinajstić information content (AvgIpc) is 3.06. The monoisotopic (exact) mass is 441 g/mol. The van der Waals surface area contributed by atoms with Gasteiger partial charge in [0, 0.05) is 18.5 Å². The zero-order valence-corrected chi connectivity index (χ0v) is 18.8. The van der Waals surface area contributed by atoms with E-state index in [1.165, 1.54) is 13.2 Å². The molecule has 0 radical (unpaired) electrons. The van der Waals surface area contributed by atoms with Gasteiger partial charge in [0.05, 0.1) is 23.4 Å². The van der Waals surface area contributed by atoms with Crippen LogP contribution in [0, 0.1) is 6.92 Å². The van der Waals surface area contributed by atoms with E-state index in [9.17, 15) is 13.2 Å². The lowest BCUT2D eigenvalue weighted by atomic mass is 10.0. The Morgan fingerprint density at radius 2 is 1.81 bits per heavy atom. The second kappa shape index (κ2) is 9.45. The van der Waals surface area contributed by atoms with Gasteiger partial charge in [0.2, 0.25) is 10.0 Å². The number of nitrogens with zero attached hydrogens (tertiary/aromatic N) is 2. The second-order valence-electron chi connectivity index (χ2n) is 7.39. The van der Waals surface area contributed by atoms with Crippen LogP contribution in [0.4, 0.5) is 0 Å². The molecule has 31 heavy (non-hydrogen) atoms. The Bertz CT molecular complexity index is 1180. The van der Waals surface area contributed by atoms with E-state index in [1.807, 2.05) is 35.9 Å². The van der Waals surface area contributed by atoms with Crippen molar-refractivity contribution >= 4 is 16.0 Å². The standard InChI is InChI=1S/C23H27N3O4S/c1-4-5-14-26-20(22(16(2)25-26)23(27)30-3)15-17-10-12-18(13-11-17)19-8-6-7-9-21(19)31(24,28)29/h6-13H,4-5,14-15H2,1-3H3,(H2,24,28,29). The average molecular weight is 442 g/mol. The fourth-order valence-corrected chi connectivity index (χ4v) is 4.38. The van der Waals surface area contributed by atoms with Gasteiger partial charge in [0.25, 0.3) is 0 Å². The van der Waals surface area contributed by atoms with Crippen LogP contribution in [0.5, 0.6) is 0 Å². The summed E-state index contributed by atoms with van der Waals surface area (Å²) in [6, 6.07) is 14.2. The van der Waals surface area contributed by atoms with Gasteiger partial charge in [-0.2, -0.15) is 5.10 Å². The van der Waals surface area contributed by atoms with Crippen molar-refractivity contribution < 1.29 is 17.9 Å². The Kier molecular flexibility index (Phi) is 6.92. The molecule has 0 amide bonds. The van der Waals surface area contributed by atoms with Crippen LogP contribution >= 0.6 is 0 Å². The highest BCUT2D eigenvalue weighted by Gasteiger charge is 2.22. The number of hydrogen-bond donors (Lipinski definition) is 1. The van der Waals surface area contributed by atoms with E-state index in [1.54, 1.807) is 18.2 Å². The van der Waals surface area contributed by atoms with E-state index in [4.69, 9.17) is 9.88 Å². The van der Waals surface area contributed by atoms with E-state index in [2.05, 4.69) is 12.0 Å². The summed E-state index contributed by atoms with van der Waals surface area (Å²) in [7, 11) is -2.47. The van der Waals surface area contributed by atoms with E-state index in [0.29, 0.717) is 23.2 Å². The van der Waals surface area contributed by atoms with Gasteiger partial charge in [-0.3, -0.25) is 4.68 Å². The molecule has 0 spiro atoms. The summed E-state index contributed by atoms with van der Waals surface area (Å²) in [5.41, 5.74) is 4.24. The van der Waals surface area contributed by atoms with Crippen molar-refractivity contribution in [1.82, 2.24) is 9.78 Å². The fraction of sp³-hybridized carbons (Fsp3) is 0.304. The molecule has 0 atom stereocenters. The summed E-state index contributed by atoms with van der Waals surface area (Å²) in [4.78, 5) is 12.4. The maximum Gasteiger partial charge on any atom is 0.341 e. The number of ether oxygens (including phenoxy) is 1. The molecule has 164 valence electrons. The second-order valence-corrected chi connectivity index (χ2v) is 8.92. The highest BCUT2D eigenvalue weighted by molar-refractivity contribution is 7.89. The van der Waals surface area contributed by atoms with Crippen molar-refractivity contribution in [2.45, 2.75) is 44.6 Å². The fourth-order valence-electron chi connectivity index (χ4n) is 3.62. The SMILES string of the molecule is CCCCn1nc(C)c(C(=O)OC)c1Cc1ccc(-c2ccccc2S(N)(=O)=O)cc1. The molecule has 3 aromatic rings. The normalized spacial score (nSPS) is 11.5. The van der Waals surface area contributed by atoms with Crippen LogP contribution in [0.2, 0.25) is 0 Å². The molecular weight excluding hydrogens is 414 g/mol. The lowest BCUT2D eigenvalue weighted by molar-refractivity contribution is 0.0598. The van der Waals surface area contributed by atoms with Crippen LogP contribution in [-0.2, 0) is 27.7 Å². The summed E-state index contributed by atoms with van der Waals surface area (Å²) < 4.78 is 30.7. The van der Waals surface area contributed by atoms with Crippen LogP contribution < -0.4 is 5.14 Å². The number of esters is 1. The predicted octanol–water partition coefficient (Wildman–Crippen LogP) is 3.68. The van der Waals surface area contributed by atoms with Crippen molar-refractivity contribution in [2.75, 3.05) is 7.11 Å². The van der Waals surface area contributed by atoms with E-state index in [0.717, 1.165) is 36.2 Å². The zero-order chi connectivity index (χ0) is 22.6. The summed E-state index contributed by atoms with van der Waals surface area (Å²) in [6.07, 6.45) is 2.48. The molecule has 8 heteroatoms. The van der Waals surface area contributed by atoms with Gasteiger partial charge in [0.1, 0.15) is 5.56 Å². The van der Waals surface area contributed by atoms with Crippen LogP contribution in [0.25, 0.3) is 11.1 Å². The molecule has 0 aliphatic rings. The van der Waals surface area contributed by atoms with Crippen LogP contribution in [-0.4, -0.2) is 31.3 Å². The highest BCUT2D eigenvalue weighted by Crippen LogP contribution is 2.28. The van der Waals surface area contributed by atoms with Gasteiger partial charge >= 0.3 is 5.97 Å². The van der Waals surface area contributed by atoms with Crippen LogP contribution in [0.3, 0.4) is 0 Å². The number of nitrogens with two attached hydrogens (primary N) is 1. The first-order valence-corrected chi connectivity index (χ1v) is 11.7. The van der Waals surface area contributed by atoms with E-state index < -0.39 is 16.0 Å². The Morgan fingerprint density at radius 3 is 2.42 bits per heavy atom. The van der Waals surface area contributed by atoms with Crippen molar-refractivity contribution in [1.29, 1.82) is 0 Å². The number of methoxy groups -OCH3 is 1. The molecule has 0 saturated heterocycles. The summed E-state index contributed by atoms with van der Waals surface area (Å²) in [5, 5.41) is 9.92. The molecule has 0 fully saturated rings. The van der Waals surface area contributed by atoms with Gasteiger partial charge < -0.3 is 4.74 Å². The lowest BCUT2D eigenvalue weighted by Crippen LogP contribution is -2.13. The molecule has 7 nitrogen and oxygen atoms in total. The Morgan fingerprint density at radius 1 is 1.13 bits per heavy atom. The quantitative estimate of drug-likeness (QED) is 0.537. The number of sulfonamides is 1. The minimum atomic E-state index is -3.83. The minimum Gasteiger partial charge on any atom is -0.465 e. The van der Waals surface area contributed by atoms with Gasteiger partial charge in [-0.25, -0.2) is 18.4 Å². The van der Waals surface area contributed by atoms with Gasteiger partial charge in [0.15, 0.2) is 0 Å². The largest absolute Gasteiger partial charge is 0.465 e. The number of benzene rings is 2. The maximum atomic E-state index is 12.4. The van der Waals surface area contributed by atoms with Crippen LogP contribution in [0.15, 0.2) is 53.4 Å². The number of aromatic nitrogens is 2. The molecule has 0 unspecified atom stereocenters. The topological polar surface area (TPSA) is 104 Å². The third kappa shape index (κ3) is 5.03. The molecule has 0 saturated carbocycles. The van der Waals surface area contributed by atoms with Crippen LogP contribution in [0.1, 0.15) is 47.1 Å². The first-order chi connectivity index (χ1) is 14.8. The molecule has 3 rings (SSSR count). The summed E-state index contributed by atoms with van der Waals surface area (Å²) in [5.74, 6) is -0.394. The molecular formula is C23H27N3O4S. The van der Waals surface area contributed by atoms with Gasteiger partial charge in [-0.1, -0.05) is 55.8 Å². The Hall–Kier alpha value is -2.97. The van der Waals surface area contributed by atoms with Crippen molar-refractivity contribution in [3.63, 3.8) is 0 Å². The van der Waals surface area contributed by atoms with Crippen molar-refractivity contribution in [3.05, 3.63) is 71.0 Å². The number of primary sulfonamides is 1. The summed E-state index contributed by atoms with van der Waals surface area (Å²) in [6.45, 7) is 4.64. The Balaban J connectivity index is 1.96. The number of carbonyl (C=O) groups is 1. The first kappa shape index (κ1) is 22.7. The number of aryl methyl sites for hydroxylation is 2. The van der Waals surface area contributed by atoms with Crippen molar-refractivity contribution in [3.8, 4) is 11.1 Å². The third-order valence-electron chi connectivity index (χ3n) is 5.18. The van der Waals surface area contributed by atoms with E-state index in [-0.39, 0.29) is 4.90 Å². The minimum absolute atomic E-state index is 0.0870. The third-order valence-corrected chi connectivity index (χ3v) is 6.14. The lowest BCUT2D eigenvalue weighted by Gasteiger charge is -2.11. The summed E-state index contributed by atoms with van der Waals surface area (Å²) >= 11 is 0. The molecule has 1 aromatic heterocycles. The van der Waals surface area contributed by atoms with E-state index >= 15 is 0 Å². The molecule has 0 aliphatic heterocycles. The van der Waals surface area contributed by atoms with Gasteiger partial charge in [-0.15, -0.1) is 0 Å². The van der Waals surface area contributed by atoms with Crippen molar-refractivity contribution in [2.24, 2.45) is 5.14 Å². The predicted molar refractivity (Wildman–Crippen MR) is 119 cm³/mol. The molecule has 1 heterocycles. The maximum absolute atomic E-state index is 12.4. The molecule has 0 bridgehead atoms. The number of hydrogen-bond acceptors (Lipinski definition) is 5. The zero-order valence-electron chi connectivity index (χ0n) is 18.0. The molecule has 2 aromatic carbocycles. The first-order valence-electron chi connectivity index (χ1n) is 10.1. The Labute approximate surface area is 182 Å².